The van der Waals surface area contributed by atoms with Crippen molar-refractivity contribution < 1.29 is 9.53 Å². The Hall–Kier alpha value is -2.44. The summed E-state index contributed by atoms with van der Waals surface area (Å²) in [5.41, 5.74) is 3.83. The number of carbonyl (C=O) groups excluding carboxylic acids is 1. The van der Waals surface area contributed by atoms with E-state index in [2.05, 4.69) is 38.3 Å². The van der Waals surface area contributed by atoms with Gasteiger partial charge in [-0.05, 0) is 80.7 Å². The van der Waals surface area contributed by atoms with Gasteiger partial charge in [-0.1, -0.05) is 18.2 Å². The lowest BCUT2D eigenvalue weighted by molar-refractivity contribution is -0.126. The highest BCUT2D eigenvalue weighted by Gasteiger charge is 2.30. The number of hydrogen-bond donors (Lipinski definition) is 1. The maximum absolute atomic E-state index is 12.6. The molecule has 1 aromatic heterocycles. The molecule has 6 nitrogen and oxygen atoms in total. The second kappa shape index (κ2) is 10.0. The molecule has 1 aromatic carbocycles. The van der Waals surface area contributed by atoms with Crippen LogP contribution in [0.3, 0.4) is 0 Å². The van der Waals surface area contributed by atoms with Crippen molar-refractivity contribution in [1.82, 2.24) is 20.1 Å². The lowest BCUT2D eigenvalue weighted by atomic mass is 9.92. The van der Waals surface area contributed by atoms with Gasteiger partial charge in [0.05, 0.1) is 6.61 Å². The fraction of sp³-hybridized carbons (Fsp3) is 0.538. The van der Waals surface area contributed by atoms with Crippen molar-refractivity contribution in [2.45, 2.75) is 51.2 Å². The second-order valence-corrected chi connectivity index (χ2v) is 9.44. The Balaban J connectivity index is 1.03. The summed E-state index contributed by atoms with van der Waals surface area (Å²) in [5, 5.41) is 3.10. The van der Waals surface area contributed by atoms with Crippen molar-refractivity contribution in [2.24, 2.45) is 5.92 Å². The number of likely N-dealkylation sites (tertiary alicyclic amines) is 2. The van der Waals surface area contributed by atoms with Gasteiger partial charge in [0, 0.05) is 43.9 Å². The number of fused-ring (bicyclic) bond motifs is 1. The van der Waals surface area contributed by atoms with Crippen LogP contribution in [0.25, 0.3) is 0 Å². The minimum absolute atomic E-state index is 0.145. The Morgan fingerprint density at radius 1 is 1.06 bits per heavy atom. The van der Waals surface area contributed by atoms with Crippen LogP contribution in [0, 0.1) is 5.92 Å². The molecule has 2 fully saturated rings. The van der Waals surface area contributed by atoms with Crippen LogP contribution >= 0.6 is 0 Å². The van der Waals surface area contributed by atoms with E-state index in [-0.39, 0.29) is 11.8 Å². The van der Waals surface area contributed by atoms with Crippen molar-refractivity contribution in [2.75, 3.05) is 32.8 Å². The van der Waals surface area contributed by atoms with Gasteiger partial charge in [-0.15, -0.1) is 0 Å². The summed E-state index contributed by atoms with van der Waals surface area (Å²) >= 11 is 0. The Bertz CT molecular complexity index is 903. The van der Waals surface area contributed by atoms with Crippen LogP contribution in [0.2, 0.25) is 0 Å². The number of pyridine rings is 1. The summed E-state index contributed by atoms with van der Waals surface area (Å²) in [5.74, 6) is 1.41. The average molecular weight is 435 g/mol. The van der Waals surface area contributed by atoms with E-state index in [0.29, 0.717) is 12.6 Å². The first-order chi connectivity index (χ1) is 15.7. The SMILES string of the molecule is O=C(NCc1cccnc1)C1CCN(C2CCN(Cc3ccc4c(c3)CCO4)CC2)CC1. The number of piperidine rings is 2. The summed E-state index contributed by atoms with van der Waals surface area (Å²) in [6, 6.07) is 11.3. The van der Waals surface area contributed by atoms with Gasteiger partial charge < -0.3 is 15.0 Å². The molecular formula is C26H34N4O2. The van der Waals surface area contributed by atoms with Gasteiger partial charge in [0.1, 0.15) is 5.75 Å². The maximum Gasteiger partial charge on any atom is 0.223 e. The molecule has 2 aromatic rings. The number of amides is 1. The maximum atomic E-state index is 12.6. The molecule has 0 radical (unpaired) electrons. The number of carbonyl (C=O) groups is 1. The van der Waals surface area contributed by atoms with Crippen LogP contribution in [-0.4, -0.2) is 59.5 Å². The van der Waals surface area contributed by atoms with E-state index >= 15 is 0 Å². The van der Waals surface area contributed by atoms with Gasteiger partial charge in [-0.3, -0.25) is 14.7 Å². The molecular weight excluding hydrogens is 400 g/mol. The summed E-state index contributed by atoms with van der Waals surface area (Å²) in [6.45, 7) is 6.84. The normalized spacial score (nSPS) is 20.6. The van der Waals surface area contributed by atoms with E-state index in [1.54, 1.807) is 6.20 Å². The van der Waals surface area contributed by atoms with Gasteiger partial charge in [-0.25, -0.2) is 0 Å². The standard InChI is InChI=1S/C26H34N4O2/c31-26(28-18-21-2-1-10-27-17-21)22-5-13-30(14-6-22)24-7-11-29(12-8-24)19-20-3-4-25-23(16-20)9-15-32-25/h1-4,10,16-17,22,24H,5-9,11-15,18-19H2,(H,28,31). The Labute approximate surface area is 191 Å². The zero-order chi connectivity index (χ0) is 21.8. The number of ether oxygens (including phenoxy) is 1. The van der Waals surface area contributed by atoms with Crippen molar-refractivity contribution in [3.05, 3.63) is 59.4 Å². The van der Waals surface area contributed by atoms with Crippen LogP contribution in [0.5, 0.6) is 5.75 Å². The molecule has 32 heavy (non-hydrogen) atoms. The van der Waals surface area contributed by atoms with E-state index in [9.17, 15) is 4.79 Å². The third kappa shape index (κ3) is 5.13. The molecule has 1 amide bonds. The smallest absolute Gasteiger partial charge is 0.223 e. The highest BCUT2D eigenvalue weighted by Crippen LogP contribution is 2.28. The zero-order valence-electron chi connectivity index (χ0n) is 18.8. The van der Waals surface area contributed by atoms with Crippen LogP contribution in [-0.2, 0) is 24.3 Å². The third-order valence-electron chi connectivity index (χ3n) is 7.32. The summed E-state index contributed by atoms with van der Waals surface area (Å²) < 4.78 is 5.63. The van der Waals surface area contributed by atoms with Crippen molar-refractivity contribution in [1.29, 1.82) is 0 Å². The molecule has 3 aliphatic heterocycles. The minimum Gasteiger partial charge on any atom is -0.493 e. The zero-order valence-corrected chi connectivity index (χ0v) is 18.8. The molecule has 2 saturated heterocycles. The fourth-order valence-electron chi connectivity index (χ4n) is 5.40. The molecule has 0 atom stereocenters. The molecule has 1 N–H and O–H groups in total. The molecule has 170 valence electrons. The predicted octanol–water partition coefficient (Wildman–Crippen LogP) is 3.01. The number of nitrogens with zero attached hydrogens (tertiary/aromatic N) is 3. The van der Waals surface area contributed by atoms with Gasteiger partial charge in [0.2, 0.25) is 5.91 Å². The van der Waals surface area contributed by atoms with Crippen molar-refractivity contribution >= 4 is 5.91 Å². The van der Waals surface area contributed by atoms with Crippen LogP contribution in [0.4, 0.5) is 0 Å². The fourth-order valence-corrected chi connectivity index (χ4v) is 5.40. The van der Waals surface area contributed by atoms with E-state index < -0.39 is 0 Å². The minimum atomic E-state index is 0.145. The van der Waals surface area contributed by atoms with Crippen LogP contribution in [0.1, 0.15) is 42.4 Å². The average Bonchev–Trinajstić information content (AvgIpc) is 3.32. The Morgan fingerprint density at radius 2 is 1.91 bits per heavy atom. The molecule has 0 aliphatic carbocycles. The predicted molar refractivity (Wildman–Crippen MR) is 124 cm³/mol. The van der Waals surface area contributed by atoms with E-state index in [1.807, 2.05) is 18.3 Å². The van der Waals surface area contributed by atoms with Gasteiger partial charge in [-0.2, -0.15) is 0 Å². The van der Waals surface area contributed by atoms with Gasteiger partial charge in [0.25, 0.3) is 0 Å². The molecule has 5 rings (SSSR count). The van der Waals surface area contributed by atoms with E-state index in [1.165, 1.54) is 24.0 Å². The third-order valence-corrected chi connectivity index (χ3v) is 7.32. The molecule has 0 bridgehead atoms. The Morgan fingerprint density at radius 3 is 2.69 bits per heavy atom. The van der Waals surface area contributed by atoms with Crippen LogP contribution < -0.4 is 10.1 Å². The number of rotatable bonds is 6. The lowest BCUT2D eigenvalue weighted by Crippen LogP contribution is -2.49. The quantitative estimate of drug-likeness (QED) is 0.758. The lowest BCUT2D eigenvalue weighted by Gasteiger charge is -2.41. The second-order valence-electron chi connectivity index (χ2n) is 9.44. The monoisotopic (exact) mass is 434 g/mol. The highest BCUT2D eigenvalue weighted by molar-refractivity contribution is 5.78. The Kier molecular flexibility index (Phi) is 6.69. The van der Waals surface area contributed by atoms with Gasteiger partial charge >= 0.3 is 0 Å². The summed E-state index contributed by atoms with van der Waals surface area (Å²) in [7, 11) is 0. The highest BCUT2D eigenvalue weighted by atomic mass is 16.5. The van der Waals surface area contributed by atoms with Crippen molar-refractivity contribution in [3.8, 4) is 5.75 Å². The first-order valence-corrected chi connectivity index (χ1v) is 12.1. The number of aromatic nitrogens is 1. The molecule has 0 saturated carbocycles. The number of hydrogen-bond acceptors (Lipinski definition) is 5. The molecule has 0 unspecified atom stereocenters. The van der Waals surface area contributed by atoms with Gasteiger partial charge in [0.15, 0.2) is 0 Å². The number of benzene rings is 1. The largest absolute Gasteiger partial charge is 0.493 e. The first-order valence-electron chi connectivity index (χ1n) is 12.1. The molecule has 0 spiro atoms. The number of nitrogens with one attached hydrogen (secondary N) is 1. The molecule has 4 heterocycles. The van der Waals surface area contributed by atoms with E-state index in [4.69, 9.17) is 4.74 Å². The van der Waals surface area contributed by atoms with E-state index in [0.717, 1.165) is 69.9 Å². The van der Waals surface area contributed by atoms with Crippen LogP contribution in [0.15, 0.2) is 42.7 Å². The first kappa shape index (κ1) is 21.4. The molecule has 6 heteroatoms. The molecule has 3 aliphatic rings. The van der Waals surface area contributed by atoms with Crippen molar-refractivity contribution in [3.63, 3.8) is 0 Å². The summed E-state index contributed by atoms with van der Waals surface area (Å²) in [4.78, 5) is 21.9. The summed E-state index contributed by atoms with van der Waals surface area (Å²) in [6.07, 6.45) is 9.01. The topological polar surface area (TPSA) is 57.7 Å².